The van der Waals surface area contributed by atoms with Crippen molar-refractivity contribution in [2.75, 3.05) is 32.8 Å². The third-order valence-electron chi connectivity index (χ3n) is 3.70. The Bertz CT molecular complexity index is 489. The number of likely N-dealkylation sites (tertiary alicyclic amines) is 1. The van der Waals surface area contributed by atoms with Gasteiger partial charge in [0.1, 0.15) is 5.82 Å². The average Bonchev–Trinajstić information content (AvgIpc) is 2.75. The number of rotatable bonds is 6. The number of ether oxygens (including phenoxy) is 1. The lowest BCUT2D eigenvalue weighted by Crippen LogP contribution is -2.37. The first-order valence-corrected chi connectivity index (χ1v) is 7.72. The lowest BCUT2D eigenvalue weighted by atomic mass is 10.2. The predicted octanol–water partition coefficient (Wildman–Crippen LogP) is 2.34. The molecule has 1 aliphatic rings. The summed E-state index contributed by atoms with van der Waals surface area (Å²) in [6.45, 7) is 3.24. The van der Waals surface area contributed by atoms with Crippen molar-refractivity contribution < 1.29 is 18.3 Å². The van der Waals surface area contributed by atoms with Gasteiger partial charge in [-0.2, -0.15) is 0 Å². The fourth-order valence-electron chi connectivity index (χ4n) is 2.50. The summed E-state index contributed by atoms with van der Waals surface area (Å²) in [5.41, 5.74) is 0. The van der Waals surface area contributed by atoms with Gasteiger partial charge in [0.25, 0.3) is 5.91 Å². The van der Waals surface area contributed by atoms with E-state index in [1.54, 1.807) is 0 Å². The maximum Gasteiger partial charge on any atom is 0.257 e. The fourth-order valence-corrected chi connectivity index (χ4v) is 2.50. The summed E-state index contributed by atoms with van der Waals surface area (Å²) in [4.78, 5) is 14.0. The fraction of sp³-hybridized carbons (Fsp3) is 0.562. The van der Waals surface area contributed by atoms with Gasteiger partial charge >= 0.3 is 0 Å². The lowest BCUT2D eigenvalue weighted by molar-refractivity contribution is -0.123. The summed E-state index contributed by atoms with van der Waals surface area (Å²) in [6.07, 6.45) is 4.97. The molecule has 0 unspecified atom stereocenters. The highest BCUT2D eigenvalue weighted by Crippen LogP contribution is 2.17. The minimum absolute atomic E-state index is 0.121. The van der Waals surface area contributed by atoms with E-state index in [-0.39, 0.29) is 18.3 Å². The second-order valence-electron chi connectivity index (χ2n) is 5.47. The first-order chi connectivity index (χ1) is 10.6. The van der Waals surface area contributed by atoms with Crippen molar-refractivity contribution in [3.05, 3.63) is 29.8 Å². The number of halogens is 2. The molecule has 1 saturated heterocycles. The molecule has 0 saturated carbocycles. The minimum Gasteiger partial charge on any atom is -0.481 e. The molecule has 4 nitrogen and oxygen atoms in total. The highest BCUT2D eigenvalue weighted by Gasteiger charge is 2.10. The molecule has 0 atom stereocenters. The summed E-state index contributed by atoms with van der Waals surface area (Å²) < 4.78 is 31.1. The highest BCUT2D eigenvalue weighted by atomic mass is 19.1. The molecule has 0 aliphatic carbocycles. The van der Waals surface area contributed by atoms with Crippen LogP contribution < -0.4 is 10.1 Å². The third-order valence-corrected chi connectivity index (χ3v) is 3.70. The molecule has 0 spiro atoms. The largest absolute Gasteiger partial charge is 0.481 e. The van der Waals surface area contributed by atoms with Gasteiger partial charge in [0, 0.05) is 19.2 Å². The Kier molecular flexibility index (Phi) is 6.58. The Labute approximate surface area is 129 Å². The van der Waals surface area contributed by atoms with Crippen molar-refractivity contribution in [1.29, 1.82) is 0 Å². The van der Waals surface area contributed by atoms with Crippen LogP contribution in [0.3, 0.4) is 0 Å². The zero-order chi connectivity index (χ0) is 15.8. The Balaban J connectivity index is 1.65. The van der Waals surface area contributed by atoms with Crippen LogP contribution in [-0.4, -0.2) is 43.6 Å². The van der Waals surface area contributed by atoms with Crippen LogP contribution >= 0.6 is 0 Å². The average molecular weight is 312 g/mol. The zero-order valence-corrected chi connectivity index (χ0v) is 12.6. The number of nitrogens with zero attached hydrogens (tertiary/aromatic N) is 1. The second-order valence-corrected chi connectivity index (χ2v) is 5.47. The number of nitrogens with one attached hydrogen (secondary N) is 1. The summed E-state index contributed by atoms with van der Waals surface area (Å²) in [5.74, 6) is -1.91. The standard InChI is InChI=1S/C16H22F2N2O2/c17-13-5-6-15(14(18)11-13)22-12-16(21)19-7-10-20-8-3-1-2-4-9-20/h5-6,11H,1-4,7-10,12H2,(H,19,21). The first-order valence-electron chi connectivity index (χ1n) is 7.72. The van der Waals surface area contributed by atoms with Crippen molar-refractivity contribution in [3.8, 4) is 5.75 Å². The van der Waals surface area contributed by atoms with Crippen LogP contribution in [0, 0.1) is 11.6 Å². The van der Waals surface area contributed by atoms with E-state index in [2.05, 4.69) is 10.2 Å². The van der Waals surface area contributed by atoms with Gasteiger partial charge in [-0.15, -0.1) is 0 Å². The third kappa shape index (κ3) is 5.60. The van der Waals surface area contributed by atoms with Crippen LogP contribution in [0.4, 0.5) is 8.78 Å². The van der Waals surface area contributed by atoms with Crippen molar-refractivity contribution in [2.45, 2.75) is 25.7 Å². The van der Waals surface area contributed by atoms with Crippen LogP contribution in [-0.2, 0) is 4.79 Å². The molecule has 1 N–H and O–H groups in total. The van der Waals surface area contributed by atoms with Crippen LogP contribution in [0.2, 0.25) is 0 Å². The van der Waals surface area contributed by atoms with Gasteiger partial charge in [0.15, 0.2) is 18.2 Å². The van der Waals surface area contributed by atoms with Crippen molar-refractivity contribution in [3.63, 3.8) is 0 Å². The molecule has 122 valence electrons. The quantitative estimate of drug-likeness (QED) is 0.876. The van der Waals surface area contributed by atoms with Crippen molar-refractivity contribution in [2.24, 2.45) is 0 Å². The zero-order valence-electron chi connectivity index (χ0n) is 12.6. The van der Waals surface area contributed by atoms with Gasteiger partial charge in [-0.25, -0.2) is 8.78 Å². The number of hydrogen-bond acceptors (Lipinski definition) is 3. The van der Waals surface area contributed by atoms with Gasteiger partial charge in [0.2, 0.25) is 0 Å². The first kappa shape index (κ1) is 16.7. The van der Waals surface area contributed by atoms with Gasteiger partial charge in [-0.1, -0.05) is 12.8 Å². The number of amides is 1. The van der Waals surface area contributed by atoms with Crippen LogP contribution in [0.1, 0.15) is 25.7 Å². The molecule has 1 aliphatic heterocycles. The van der Waals surface area contributed by atoms with Gasteiger partial charge in [0.05, 0.1) is 0 Å². The van der Waals surface area contributed by atoms with Crippen LogP contribution in [0.15, 0.2) is 18.2 Å². The SMILES string of the molecule is O=C(COc1ccc(F)cc1F)NCCN1CCCCCC1. The predicted molar refractivity (Wildman–Crippen MR) is 79.8 cm³/mol. The lowest BCUT2D eigenvalue weighted by Gasteiger charge is -2.19. The topological polar surface area (TPSA) is 41.6 Å². The van der Waals surface area contributed by atoms with Gasteiger partial charge < -0.3 is 15.0 Å². The number of carbonyl (C=O) groups excluding carboxylic acids is 1. The maximum atomic E-state index is 13.3. The minimum atomic E-state index is -0.808. The summed E-state index contributed by atoms with van der Waals surface area (Å²) >= 11 is 0. The second kappa shape index (κ2) is 8.68. The van der Waals surface area contributed by atoms with Gasteiger partial charge in [-0.3, -0.25) is 4.79 Å². The van der Waals surface area contributed by atoms with Crippen molar-refractivity contribution in [1.82, 2.24) is 10.2 Å². The van der Waals surface area contributed by atoms with E-state index in [1.165, 1.54) is 31.7 Å². The molecular weight excluding hydrogens is 290 g/mol. The van der Waals surface area contributed by atoms with E-state index in [0.717, 1.165) is 31.8 Å². The Hall–Kier alpha value is -1.69. The smallest absolute Gasteiger partial charge is 0.257 e. The number of benzene rings is 1. The number of hydrogen-bond donors (Lipinski definition) is 1. The van der Waals surface area contributed by atoms with E-state index in [4.69, 9.17) is 4.74 Å². The molecular formula is C16H22F2N2O2. The Morgan fingerprint density at radius 2 is 1.91 bits per heavy atom. The molecule has 0 radical (unpaired) electrons. The van der Waals surface area contributed by atoms with E-state index in [9.17, 15) is 13.6 Å². The monoisotopic (exact) mass is 312 g/mol. The Morgan fingerprint density at radius 1 is 1.18 bits per heavy atom. The molecule has 1 aromatic carbocycles. The van der Waals surface area contributed by atoms with Crippen molar-refractivity contribution >= 4 is 5.91 Å². The molecule has 1 fully saturated rings. The van der Waals surface area contributed by atoms with E-state index in [1.807, 2.05) is 0 Å². The molecule has 6 heteroatoms. The molecule has 2 rings (SSSR count). The molecule has 0 bridgehead atoms. The molecule has 1 heterocycles. The molecule has 1 amide bonds. The molecule has 22 heavy (non-hydrogen) atoms. The highest BCUT2D eigenvalue weighted by molar-refractivity contribution is 5.77. The number of carbonyl (C=O) groups is 1. The molecule has 1 aromatic rings. The summed E-state index contributed by atoms with van der Waals surface area (Å²) in [7, 11) is 0. The van der Waals surface area contributed by atoms with E-state index < -0.39 is 11.6 Å². The normalized spacial score (nSPS) is 16.1. The van der Waals surface area contributed by atoms with Crippen LogP contribution in [0.25, 0.3) is 0 Å². The maximum absolute atomic E-state index is 13.3. The van der Waals surface area contributed by atoms with E-state index >= 15 is 0 Å². The summed E-state index contributed by atoms with van der Waals surface area (Å²) in [5, 5.41) is 2.75. The van der Waals surface area contributed by atoms with Crippen LogP contribution in [0.5, 0.6) is 5.75 Å². The molecule has 0 aromatic heterocycles. The Morgan fingerprint density at radius 3 is 2.59 bits per heavy atom. The summed E-state index contributed by atoms with van der Waals surface area (Å²) in [6, 6.07) is 3.00. The van der Waals surface area contributed by atoms with E-state index in [0.29, 0.717) is 6.54 Å². The van der Waals surface area contributed by atoms with Gasteiger partial charge in [-0.05, 0) is 38.1 Å².